The summed E-state index contributed by atoms with van der Waals surface area (Å²) in [5.41, 5.74) is 1.55. The van der Waals surface area contributed by atoms with Gasteiger partial charge >= 0.3 is 5.97 Å². The van der Waals surface area contributed by atoms with Crippen molar-refractivity contribution in [2.45, 2.75) is 13.0 Å². The smallest absolute Gasteiger partial charge is 0.328 e. The minimum Gasteiger partial charge on any atom is -0.356 e. The minimum atomic E-state index is -0.539. The predicted octanol–water partition coefficient (Wildman–Crippen LogP) is -1.45. The molecule has 1 rings (SSSR count). The number of nitrogens with one attached hydrogen (secondary N) is 1. The van der Waals surface area contributed by atoms with Crippen LogP contribution in [0.15, 0.2) is 23.4 Å². The van der Waals surface area contributed by atoms with Crippen LogP contribution in [0.1, 0.15) is 6.42 Å². The molecule has 0 amide bonds. The Bertz CT molecular complexity index is 362. The zero-order valence-corrected chi connectivity index (χ0v) is 7.34. The zero-order chi connectivity index (χ0) is 10.4. The van der Waals surface area contributed by atoms with Gasteiger partial charge in [-0.2, -0.15) is 0 Å². The van der Waals surface area contributed by atoms with E-state index in [0.29, 0.717) is 0 Å². The van der Waals surface area contributed by atoms with Crippen LogP contribution >= 0.6 is 0 Å². The highest BCUT2D eigenvalue weighted by Crippen LogP contribution is 1.87. The molecule has 1 heterocycles. The van der Waals surface area contributed by atoms with E-state index in [-0.39, 0.29) is 18.5 Å². The van der Waals surface area contributed by atoms with Gasteiger partial charge in [0, 0.05) is 18.8 Å². The predicted molar refractivity (Wildman–Crippen MR) is 46.5 cm³/mol. The summed E-state index contributed by atoms with van der Waals surface area (Å²) in [6.45, 7) is 0.215. The van der Waals surface area contributed by atoms with E-state index in [1.807, 2.05) is 0 Å². The summed E-state index contributed by atoms with van der Waals surface area (Å²) in [6.07, 6.45) is 2.79. The van der Waals surface area contributed by atoms with Crippen LogP contribution < -0.4 is 17.0 Å². The van der Waals surface area contributed by atoms with Gasteiger partial charge in [-0.3, -0.25) is 14.2 Å². The fraction of sp³-hybridized carbons (Fsp3) is 0.286. The summed E-state index contributed by atoms with van der Waals surface area (Å²) in [7, 11) is 0. The van der Waals surface area contributed by atoms with E-state index in [9.17, 15) is 9.59 Å². The molecule has 0 bridgehead atoms. The molecule has 0 spiro atoms. The number of carbonyl (C=O) groups is 1. The van der Waals surface area contributed by atoms with Crippen molar-refractivity contribution in [3.05, 3.63) is 28.9 Å². The lowest BCUT2D eigenvalue weighted by atomic mass is 10.4. The van der Waals surface area contributed by atoms with Crippen LogP contribution in [0.2, 0.25) is 0 Å². The number of aromatic nitrogens is 2. The summed E-state index contributed by atoms with van der Waals surface area (Å²) < 4.78 is 1.30. The van der Waals surface area contributed by atoms with E-state index < -0.39 is 5.97 Å². The number of hydrogen-bond acceptors (Lipinski definition) is 6. The maximum atomic E-state index is 11.1. The SMILES string of the molecule is NNOC(=O)CCn1cnccc1=O. The zero-order valence-electron chi connectivity index (χ0n) is 7.34. The van der Waals surface area contributed by atoms with Crippen molar-refractivity contribution in [3.63, 3.8) is 0 Å². The van der Waals surface area contributed by atoms with E-state index in [1.54, 1.807) is 5.59 Å². The Labute approximate surface area is 79.4 Å². The van der Waals surface area contributed by atoms with Crippen molar-refractivity contribution in [1.82, 2.24) is 15.1 Å². The molecule has 0 aliphatic carbocycles. The molecule has 0 radical (unpaired) electrons. The van der Waals surface area contributed by atoms with Crippen LogP contribution in [0.5, 0.6) is 0 Å². The fourth-order valence-electron chi connectivity index (χ4n) is 0.875. The molecule has 0 fully saturated rings. The molecule has 0 saturated carbocycles. The second-order valence-corrected chi connectivity index (χ2v) is 2.45. The average molecular weight is 198 g/mol. The third kappa shape index (κ3) is 2.96. The number of nitrogens with zero attached hydrogens (tertiary/aromatic N) is 2. The highest BCUT2D eigenvalue weighted by molar-refractivity contribution is 5.68. The third-order valence-electron chi connectivity index (χ3n) is 1.52. The molecule has 0 unspecified atom stereocenters. The van der Waals surface area contributed by atoms with Gasteiger partial charge in [-0.25, -0.2) is 10.8 Å². The molecule has 1 aromatic heterocycles. The molecular weight excluding hydrogens is 188 g/mol. The van der Waals surface area contributed by atoms with Crippen LogP contribution in [0.25, 0.3) is 0 Å². The number of nitrogens with two attached hydrogens (primary N) is 1. The maximum absolute atomic E-state index is 11.1. The maximum Gasteiger partial charge on any atom is 0.328 e. The Hall–Kier alpha value is -1.73. The summed E-state index contributed by atoms with van der Waals surface area (Å²) in [5.74, 6) is 4.22. The molecule has 0 atom stereocenters. The van der Waals surface area contributed by atoms with Crippen LogP contribution in [-0.4, -0.2) is 15.5 Å². The topological polar surface area (TPSA) is 99.2 Å². The summed E-state index contributed by atoms with van der Waals surface area (Å²) >= 11 is 0. The van der Waals surface area contributed by atoms with Crippen LogP contribution in [-0.2, 0) is 16.2 Å². The van der Waals surface area contributed by atoms with E-state index >= 15 is 0 Å². The number of rotatable bonds is 4. The number of hydrogen-bond donors (Lipinski definition) is 2. The van der Waals surface area contributed by atoms with E-state index in [4.69, 9.17) is 5.84 Å². The monoisotopic (exact) mass is 198 g/mol. The molecule has 1 aromatic rings. The van der Waals surface area contributed by atoms with Crippen LogP contribution in [0, 0.1) is 0 Å². The first kappa shape index (κ1) is 10.4. The standard InChI is InChI=1S/C7H10N4O3/c8-10-14-7(13)2-4-11-5-9-3-1-6(11)12/h1,3,5,10H,2,4,8H2. The van der Waals surface area contributed by atoms with Gasteiger partial charge in [-0.15, -0.1) is 0 Å². The lowest BCUT2D eigenvalue weighted by Gasteiger charge is -2.03. The Morgan fingerprint density at radius 1 is 1.71 bits per heavy atom. The Morgan fingerprint density at radius 2 is 2.50 bits per heavy atom. The Balaban J connectivity index is 2.50. The summed E-state index contributed by atoms with van der Waals surface area (Å²) in [6, 6.07) is 1.31. The van der Waals surface area contributed by atoms with Gasteiger partial charge in [-0.05, 0) is 0 Å². The normalized spacial score (nSPS) is 9.79. The van der Waals surface area contributed by atoms with Crippen LogP contribution in [0.3, 0.4) is 0 Å². The largest absolute Gasteiger partial charge is 0.356 e. The van der Waals surface area contributed by atoms with Crippen molar-refractivity contribution < 1.29 is 9.63 Å². The molecular formula is C7H10N4O3. The van der Waals surface area contributed by atoms with Crippen molar-refractivity contribution in [1.29, 1.82) is 0 Å². The second-order valence-electron chi connectivity index (χ2n) is 2.45. The minimum absolute atomic E-state index is 0.0514. The average Bonchev–Trinajstić information content (AvgIpc) is 2.17. The molecule has 76 valence electrons. The first-order chi connectivity index (χ1) is 6.74. The Morgan fingerprint density at radius 3 is 3.14 bits per heavy atom. The lowest BCUT2D eigenvalue weighted by Crippen LogP contribution is -2.28. The third-order valence-corrected chi connectivity index (χ3v) is 1.52. The van der Waals surface area contributed by atoms with Crippen molar-refractivity contribution in [2.24, 2.45) is 5.84 Å². The molecule has 0 saturated heterocycles. The fourth-order valence-corrected chi connectivity index (χ4v) is 0.875. The van der Waals surface area contributed by atoms with Crippen molar-refractivity contribution >= 4 is 5.97 Å². The molecule has 3 N–H and O–H groups in total. The van der Waals surface area contributed by atoms with Gasteiger partial charge < -0.3 is 4.84 Å². The van der Waals surface area contributed by atoms with Crippen LogP contribution in [0.4, 0.5) is 0 Å². The molecule has 7 nitrogen and oxygen atoms in total. The van der Waals surface area contributed by atoms with Crippen molar-refractivity contribution in [3.8, 4) is 0 Å². The van der Waals surface area contributed by atoms with Gasteiger partial charge in [-0.1, -0.05) is 5.59 Å². The van der Waals surface area contributed by atoms with E-state index in [0.717, 1.165) is 0 Å². The molecule has 0 aliphatic rings. The first-order valence-corrected chi connectivity index (χ1v) is 3.90. The first-order valence-electron chi connectivity index (χ1n) is 3.90. The van der Waals surface area contributed by atoms with Gasteiger partial charge in [0.15, 0.2) is 0 Å². The van der Waals surface area contributed by atoms with Gasteiger partial charge in [0.2, 0.25) is 0 Å². The number of carbonyl (C=O) groups excluding carboxylic acids is 1. The van der Waals surface area contributed by atoms with E-state index in [2.05, 4.69) is 9.82 Å². The molecule has 7 heteroatoms. The number of aryl methyl sites for hydroxylation is 1. The van der Waals surface area contributed by atoms with Crippen molar-refractivity contribution in [2.75, 3.05) is 0 Å². The highest BCUT2D eigenvalue weighted by atomic mass is 16.7. The summed E-state index contributed by atoms with van der Waals surface area (Å²) in [4.78, 5) is 29.9. The molecule has 0 aliphatic heterocycles. The lowest BCUT2D eigenvalue weighted by molar-refractivity contribution is -0.151. The Kier molecular flexibility index (Phi) is 3.77. The summed E-state index contributed by atoms with van der Waals surface area (Å²) in [5, 5.41) is 0. The highest BCUT2D eigenvalue weighted by Gasteiger charge is 2.03. The van der Waals surface area contributed by atoms with Gasteiger partial charge in [0.25, 0.3) is 5.56 Å². The molecule has 14 heavy (non-hydrogen) atoms. The van der Waals surface area contributed by atoms with Gasteiger partial charge in [0.1, 0.15) is 0 Å². The molecule has 0 aromatic carbocycles. The number of hydrazine groups is 1. The quantitative estimate of drug-likeness (QED) is 0.454. The van der Waals surface area contributed by atoms with Gasteiger partial charge in [0.05, 0.1) is 12.7 Å². The van der Waals surface area contributed by atoms with E-state index in [1.165, 1.54) is 23.2 Å². The second kappa shape index (κ2) is 5.10.